The monoisotopic (exact) mass is 241 g/mol. The molecule has 0 spiro atoms. The summed E-state index contributed by atoms with van der Waals surface area (Å²) in [6, 6.07) is 0.681. The van der Waals surface area contributed by atoms with E-state index in [1.807, 2.05) is 0 Å². The van der Waals surface area contributed by atoms with Gasteiger partial charge >= 0.3 is 0 Å². The molecular weight excluding hydrogens is 222 g/mol. The van der Waals surface area contributed by atoms with Gasteiger partial charge in [0.05, 0.1) is 7.11 Å². The molecule has 0 radical (unpaired) electrons. The zero-order valence-electron chi connectivity index (χ0n) is 9.90. The Morgan fingerprint density at radius 3 is 2.88 bits per heavy atom. The molecule has 0 bridgehead atoms. The van der Waals surface area contributed by atoms with E-state index in [4.69, 9.17) is 10.5 Å². The van der Waals surface area contributed by atoms with Gasteiger partial charge in [-0.3, -0.25) is 0 Å². The van der Waals surface area contributed by atoms with E-state index in [2.05, 4.69) is 16.2 Å². The molecule has 1 aromatic heterocycles. The molecular formula is C11H19N3OS. The number of hydrogen-bond acceptors (Lipinski definition) is 5. The fourth-order valence-corrected chi connectivity index (χ4v) is 2.71. The van der Waals surface area contributed by atoms with Crippen molar-refractivity contribution < 1.29 is 4.74 Å². The number of nitrogens with two attached hydrogens (primary N) is 1. The zero-order valence-corrected chi connectivity index (χ0v) is 10.7. The quantitative estimate of drug-likeness (QED) is 0.831. The molecule has 0 aromatic carbocycles. The number of rotatable bonds is 6. The third kappa shape index (κ3) is 2.24. The molecule has 1 heterocycles. The lowest BCUT2D eigenvalue weighted by atomic mass is 10.3. The van der Waals surface area contributed by atoms with Gasteiger partial charge in [0.15, 0.2) is 16.6 Å². The molecule has 0 unspecified atom stereocenters. The molecule has 1 aromatic rings. The highest BCUT2D eigenvalue weighted by Gasteiger charge is 2.32. The Balaban J connectivity index is 2.16. The van der Waals surface area contributed by atoms with E-state index in [1.165, 1.54) is 37.2 Å². The highest BCUT2D eigenvalue weighted by atomic mass is 32.1. The fraction of sp³-hybridized carbons (Fsp3) is 0.727. The summed E-state index contributed by atoms with van der Waals surface area (Å²) in [5.74, 6) is 1.28. The van der Waals surface area contributed by atoms with Crippen LogP contribution in [0.1, 0.15) is 32.6 Å². The lowest BCUT2D eigenvalue weighted by Crippen LogP contribution is -2.26. The lowest BCUT2D eigenvalue weighted by molar-refractivity contribution is 0.417. The minimum atomic E-state index is 0.518. The first kappa shape index (κ1) is 11.5. The molecule has 0 saturated heterocycles. The minimum absolute atomic E-state index is 0.518. The second-order valence-corrected chi connectivity index (χ2v) is 4.94. The molecule has 1 aliphatic carbocycles. The standard InChI is InChI=1S/C11H19N3OS/c1-3-4-7-14(8-5-6-8)11-9(15-2)10(12)13-16-11/h8H,3-7H2,1-2H3,(H2,12,13). The molecule has 1 aliphatic rings. The van der Waals surface area contributed by atoms with Crippen molar-refractivity contribution in [2.24, 2.45) is 0 Å². The predicted octanol–water partition coefficient (Wildman–Crippen LogP) is 2.50. The summed E-state index contributed by atoms with van der Waals surface area (Å²) in [4.78, 5) is 2.41. The Kier molecular flexibility index (Phi) is 3.53. The number of ether oxygens (including phenoxy) is 1. The van der Waals surface area contributed by atoms with Crippen molar-refractivity contribution in [3.8, 4) is 5.75 Å². The maximum absolute atomic E-state index is 5.79. The summed E-state index contributed by atoms with van der Waals surface area (Å²) in [6.45, 7) is 3.29. The predicted molar refractivity (Wildman–Crippen MR) is 68.4 cm³/mol. The number of unbranched alkanes of at least 4 members (excludes halogenated alkanes) is 1. The molecule has 0 aliphatic heterocycles. The lowest BCUT2D eigenvalue weighted by Gasteiger charge is -2.22. The van der Waals surface area contributed by atoms with Gasteiger partial charge in [-0.1, -0.05) is 13.3 Å². The molecule has 0 amide bonds. The zero-order chi connectivity index (χ0) is 11.5. The molecule has 1 saturated carbocycles. The SMILES string of the molecule is CCCCN(c1snc(N)c1OC)C1CC1. The highest BCUT2D eigenvalue weighted by molar-refractivity contribution is 7.11. The van der Waals surface area contributed by atoms with Crippen molar-refractivity contribution in [2.45, 2.75) is 38.6 Å². The van der Waals surface area contributed by atoms with Gasteiger partial charge < -0.3 is 15.4 Å². The summed E-state index contributed by atoms with van der Waals surface area (Å²) in [7, 11) is 1.66. The van der Waals surface area contributed by atoms with Gasteiger partial charge in [0.1, 0.15) is 0 Å². The van der Waals surface area contributed by atoms with Crippen LogP contribution in [0.5, 0.6) is 5.75 Å². The second-order valence-electron chi connectivity index (χ2n) is 4.18. The van der Waals surface area contributed by atoms with Crippen molar-refractivity contribution in [2.75, 3.05) is 24.3 Å². The van der Waals surface area contributed by atoms with Crippen molar-refractivity contribution in [1.82, 2.24) is 4.37 Å². The third-order valence-electron chi connectivity index (χ3n) is 2.86. The highest BCUT2D eigenvalue weighted by Crippen LogP contribution is 2.43. The number of aromatic nitrogens is 1. The van der Waals surface area contributed by atoms with Crippen LogP contribution in [0.25, 0.3) is 0 Å². The van der Waals surface area contributed by atoms with Crippen molar-refractivity contribution in [3.63, 3.8) is 0 Å². The Morgan fingerprint density at radius 2 is 2.31 bits per heavy atom. The number of methoxy groups -OCH3 is 1. The van der Waals surface area contributed by atoms with Crippen LogP contribution >= 0.6 is 11.5 Å². The van der Waals surface area contributed by atoms with Gasteiger partial charge in [-0.2, -0.15) is 4.37 Å². The fourth-order valence-electron chi connectivity index (χ4n) is 1.82. The number of nitrogen functional groups attached to an aromatic ring is 1. The van der Waals surface area contributed by atoms with E-state index >= 15 is 0 Å². The van der Waals surface area contributed by atoms with Gasteiger partial charge in [0, 0.05) is 12.6 Å². The first-order valence-electron chi connectivity index (χ1n) is 5.83. The van der Waals surface area contributed by atoms with Gasteiger partial charge in [-0.15, -0.1) is 0 Å². The molecule has 0 atom stereocenters. The van der Waals surface area contributed by atoms with Crippen LogP contribution in [0.3, 0.4) is 0 Å². The van der Waals surface area contributed by atoms with Crippen molar-refractivity contribution in [1.29, 1.82) is 0 Å². The summed E-state index contributed by atoms with van der Waals surface area (Å²) >= 11 is 1.45. The largest absolute Gasteiger partial charge is 0.490 e. The van der Waals surface area contributed by atoms with Gasteiger partial charge in [-0.05, 0) is 30.8 Å². The van der Waals surface area contributed by atoms with E-state index in [-0.39, 0.29) is 0 Å². The maximum Gasteiger partial charge on any atom is 0.197 e. The number of hydrogen-bond donors (Lipinski definition) is 1. The molecule has 1 fully saturated rings. The van der Waals surface area contributed by atoms with E-state index in [1.54, 1.807) is 7.11 Å². The van der Waals surface area contributed by atoms with Crippen molar-refractivity contribution >= 4 is 22.4 Å². The Bertz CT molecular complexity index is 349. The topological polar surface area (TPSA) is 51.4 Å². The van der Waals surface area contributed by atoms with E-state index in [9.17, 15) is 0 Å². The van der Waals surface area contributed by atoms with E-state index < -0.39 is 0 Å². The average Bonchev–Trinajstić information content (AvgIpc) is 3.04. The van der Waals surface area contributed by atoms with Crippen LogP contribution in [0, 0.1) is 0 Å². The summed E-state index contributed by atoms with van der Waals surface area (Å²) in [5, 5.41) is 1.11. The molecule has 4 nitrogen and oxygen atoms in total. The summed E-state index contributed by atoms with van der Waals surface area (Å²) in [6.07, 6.45) is 4.98. The molecule has 16 heavy (non-hydrogen) atoms. The minimum Gasteiger partial charge on any atom is -0.490 e. The Labute approximate surface area is 101 Å². The maximum atomic E-state index is 5.79. The van der Waals surface area contributed by atoms with E-state index in [0.717, 1.165) is 17.3 Å². The van der Waals surface area contributed by atoms with Gasteiger partial charge in [0.2, 0.25) is 0 Å². The first-order chi connectivity index (χ1) is 7.77. The van der Waals surface area contributed by atoms with Crippen LogP contribution in [0.4, 0.5) is 10.8 Å². The number of anilines is 2. The molecule has 2 rings (SSSR count). The molecule has 2 N–H and O–H groups in total. The average molecular weight is 241 g/mol. The van der Waals surface area contributed by atoms with Crippen LogP contribution in [-0.4, -0.2) is 24.1 Å². The van der Waals surface area contributed by atoms with Crippen LogP contribution in [0.2, 0.25) is 0 Å². The van der Waals surface area contributed by atoms with Crippen LogP contribution in [0.15, 0.2) is 0 Å². The number of nitrogens with zero attached hydrogens (tertiary/aromatic N) is 2. The third-order valence-corrected chi connectivity index (χ3v) is 3.74. The van der Waals surface area contributed by atoms with Crippen molar-refractivity contribution in [3.05, 3.63) is 0 Å². The van der Waals surface area contributed by atoms with Crippen LogP contribution < -0.4 is 15.4 Å². The van der Waals surface area contributed by atoms with Gasteiger partial charge in [0.25, 0.3) is 0 Å². The van der Waals surface area contributed by atoms with Gasteiger partial charge in [-0.25, -0.2) is 0 Å². The normalized spacial score (nSPS) is 15.1. The molecule has 90 valence electrons. The summed E-state index contributed by atoms with van der Waals surface area (Å²) < 4.78 is 9.52. The first-order valence-corrected chi connectivity index (χ1v) is 6.61. The Morgan fingerprint density at radius 1 is 1.56 bits per heavy atom. The van der Waals surface area contributed by atoms with E-state index in [0.29, 0.717) is 11.9 Å². The Hall–Kier alpha value is -0.970. The van der Waals surface area contributed by atoms with Crippen LogP contribution in [-0.2, 0) is 0 Å². The smallest absolute Gasteiger partial charge is 0.197 e. The second kappa shape index (κ2) is 4.91. The summed E-state index contributed by atoms with van der Waals surface area (Å²) in [5.41, 5.74) is 5.79. The molecule has 5 heteroatoms.